The smallest absolute Gasteiger partial charge is 0.257 e. The molecule has 1 aromatic heterocycles. The molecule has 1 saturated carbocycles. The van der Waals surface area contributed by atoms with Crippen LogP contribution in [0.3, 0.4) is 0 Å². The molecule has 25 heavy (non-hydrogen) atoms. The van der Waals surface area contributed by atoms with E-state index in [1.165, 1.54) is 12.1 Å². The van der Waals surface area contributed by atoms with Gasteiger partial charge in [0.15, 0.2) is 0 Å². The van der Waals surface area contributed by atoms with Crippen molar-refractivity contribution in [2.24, 2.45) is 0 Å². The molecular weight excluding hydrogens is 319 g/mol. The molecule has 5 heteroatoms. The van der Waals surface area contributed by atoms with E-state index in [2.05, 4.69) is 10.3 Å². The maximum Gasteiger partial charge on any atom is 0.257 e. The van der Waals surface area contributed by atoms with E-state index in [1.807, 2.05) is 6.07 Å². The maximum absolute atomic E-state index is 13.2. The number of halogens is 1. The van der Waals surface area contributed by atoms with Crippen molar-refractivity contribution >= 4 is 5.91 Å². The molecule has 0 spiro atoms. The summed E-state index contributed by atoms with van der Waals surface area (Å²) < 4.78 is 18.5. The van der Waals surface area contributed by atoms with Gasteiger partial charge in [0, 0.05) is 5.69 Å². The number of pyridine rings is 1. The number of nitrogens with zero attached hydrogens (tertiary/aromatic N) is 1. The molecule has 2 aliphatic rings. The fraction of sp³-hybridized carbons (Fsp3) is 0.400. The second-order valence-corrected chi connectivity index (χ2v) is 6.90. The number of hydrogen-bond acceptors (Lipinski definition) is 3. The molecule has 2 aliphatic carbocycles. The zero-order chi connectivity index (χ0) is 17.4. The third-order valence-corrected chi connectivity index (χ3v) is 5.20. The summed E-state index contributed by atoms with van der Waals surface area (Å²) >= 11 is 0. The van der Waals surface area contributed by atoms with Crippen molar-refractivity contribution in [2.75, 3.05) is 7.11 Å². The van der Waals surface area contributed by atoms with Crippen molar-refractivity contribution in [3.63, 3.8) is 0 Å². The summed E-state index contributed by atoms with van der Waals surface area (Å²) in [5.74, 6) is -0.0703. The monoisotopic (exact) mass is 340 g/mol. The van der Waals surface area contributed by atoms with Crippen molar-refractivity contribution in [2.45, 2.75) is 44.1 Å². The zero-order valence-corrected chi connectivity index (χ0v) is 14.3. The molecule has 0 bridgehead atoms. The van der Waals surface area contributed by atoms with Gasteiger partial charge in [0.25, 0.3) is 5.91 Å². The molecule has 1 amide bonds. The van der Waals surface area contributed by atoms with Gasteiger partial charge in [-0.25, -0.2) is 9.37 Å². The van der Waals surface area contributed by atoms with Gasteiger partial charge in [-0.15, -0.1) is 0 Å². The molecule has 1 aromatic carbocycles. The number of carbonyl (C=O) groups excluding carboxylic acids is 1. The Morgan fingerprint density at radius 2 is 1.92 bits per heavy atom. The van der Waals surface area contributed by atoms with Crippen LogP contribution >= 0.6 is 0 Å². The Kier molecular flexibility index (Phi) is 3.94. The maximum atomic E-state index is 13.2. The van der Waals surface area contributed by atoms with Gasteiger partial charge in [0.2, 0.25) is 5.88 Å². The minimum atomic E-state index is -0.397. The highest BCUT2D eigenvalue weighted by atomic mass is 19.1. The molecular formula is C20H21FN2O2. The standard InChI is InChI=1S/C20H21FN2O2/c1-25-19-16(12-13-4-2-3-5-17(13)22-19)18(24)23-20(10-11-20)14-6-8-15(21)9-7-14/h6-9,12H,2-5,10-11H2,1H3,(H,23,24). The highest BCUT2D eigenvalue weighted by Crippen LogP contribution is 2.46. The van der Waals surface area contributed by atoms with Gasteiger partial charge in [-0.05, 0) is 67.9 Å². The lowest BCUT2D eigenvalue weighted by Gasteiger charge is -2.21. The van der Waals surface area contributed by atoms with Crippen LogP contribution in [0.1, 0.15) is 52.9 Å². The third-order valence-electron chi connectivity index (χ3n) is 5.20. The van der Waals surface area contributed by atoms with Crippen LogP contribution in [-0.4, -0.2) is 18.0 Å². The fourth-order valence-electron chi connectivity index (χ4n) is 3.60. The number of methoxy groups -OCH3 is 1. The molecule has 130 valence electrons. The first kappa shape index (κ1) is 16.1. The number of amides is 1. The van der Waals surface area contributed by atoms with E-state index < -0.39 is 5.54 Å². The first-order valence-electron chi connectivity index (χ1n) is 8.77. The van der Waals surface area contributed by atoms with Crippen LogP contribution in [0.15, 0.2) is 30.3 Å². The van der Waals surface area contributed by atoms with Gasteiger partial charge >= 0.3 is 0 Å². The number of aromatic nitrogens is 1. The average molecular weight is 340 g/mol. The first-order valence-corrected chi connectivity index (χ1v) is 8.77. The number of benzene rings is 1. The topological polar surface area (TPSA) is 51.2 Å². The number of hydrogen-bond donors (Lipinski definition) is 1. The summed E-state index contributed by atoms with van der Waals surface area (Å²) in [6, 6.07) is 8.28. The molecule has 0 saturated heterocycles. The normalized spacial score (nSPS) is 17.5. The molecule has 0 radical (unpaired) electrons. The van der Waals surface area contributed by atoms with E-state index in [1.54, 1.807) is 19.2 Å². The number of rotatable bonds is 4. The van der Waals surface area contributed by atoms with Gasteiger partial charge in [-0.2, -0.15) is 0 Å². The SMILES string of the molecule is COc1nc2c(cc1C(=O)NC1(c3ccc(F)cc3)CC1)CCCC2. The summed E-state index contributed by atoms with van der Waals surface area (Å²) in [7, 11) is 1.54. The van der Waals surface area contributed by atoms with E-state index in [0.717, 1.165) is 55.3 Å². The van der Waals surface area contributed by atoms with E-state index in [9.17, 15) is 9.18 Å². The second kappa shape index (κ2) is 6.14. The molecule has 0 aliphatic heterocycles. The van der Waals surface area contributed by atoms with E-state index in [-0.39, 0.29) is 11.7 Å². The Labute approximate surface area is 146 Å². The van der Waals surface area contributed by atoms with Crippen LogP contribution in [0.5, 0.6) is 5.88 Å². The summed E-state index contributed by atoms with van der Waals surface area (Å²) in [6.45, 7) is 0. The van der Waals surface area contributed by atoms with Gasteiger partial charge in [-0.3, -0.25) is 4.79 Å². The van der Waals surface area contributed by atoms with Crippen molar-refractivity contribution in [1.29, 1.82) is 0 Å². The zero-order valence-electron chi connectivity index (χ0n) is 14.3. The van der Waals surface area contributed by atoms with Gasteiger partial charge in [-0.1, -0.05) is 12.1 Å². The highest BCUT2D eigenvalue weighted by Gasteiger charge is 2.46. The number of ether oxygens (including phenoxy) is 1. The van der Waals surface area contributed by atoms with Crippen molar-refractivity contribution < 1.29 is 13.9 Å². The van der Waals surface area contributed by atoms with E-state index in [0.29, 0.717) is 11.4 Å². The largest absolute Gasteiger partial charge is 0.480 e. The predicted molar refractivity (Wildman–Crippen MR) is 92.2 cm³/mol. The summed E-state index contributed by atoms with van der Waals surface area (Å²) in [6.07, 6.45) is 5.85. The Balaban J connectivity index is 1.62. The third kappa shape index (κ3) is 2.99. The van der Waals surface area contributed by atoms with E-state index >= 15 is 0 Å². The summed E-state index contributed by atoms with van der Waals surface area (Å²) in [5.41, 5.74) is 3.21. The van der Waals surface area contributed by atoms with Crippen LogP contribution in [-0.2, 0) is 18.4 Å². The Morgan fingerprint density at radius 3 is 2.60 bits per heavy atom. The Bertz CT molecular complexity index is 813. The Morgan fingerprint density at radius 1 is 1.20 bits per heavy atom. The lowest BCUT2D eigenvalue weighted by atomic mass is 9.94. The van der Waals surface area contributed by atoms with Gasteiger partial charge < -0.3 is 10.1 Å². The van der Waals surface area contributed by atoms with Crippen molar-refractivity contribution in [3.05, 3.63) is 58.5 Å². The average Bonchev–Trinajstić information content (AvgIpc) is 3.41. The Hall–Kier alpha value is -2.43. The number of carbonyl (C=O) groups is 1. The molecule has 2 aromatic rings. The van der Waals surface area contributed by atoms with E-state index in [4.69, 9.17) is 4.74 Å². The second-order valence-electron chi connectivity index (χ2n) is 6.90. The van der Waals surface area contributed by atoms with Crippen LogP contribution in [0.2, 0.25) is 0 Å². The van der Waals surface area contributed by atoms with Crippen LogP contribution in [0, 0.1) is 5.82 Å². The lowest BCUT2D eigenvalue weighted by Crippen LogP contribution is -2.35. The number of nitrogens with one attached hydrogen (secondary N) is 1. The number of aryl methyl sites for hydroxylation is 2. The molecule has 1 N–H and O–H groups in total. The summed E-state index contributed by atoms with van der Waals surface area (Å²) in [5, 5.41) is 3.12. The van der Waals surface area contributed by atoms with Crippen molar-refractivity contribution in [3.8, 4) is 5.88 Å². The molecule has 4 rings (SSSR count). The summed E-state index contributed by atoms with van der Waals surface area (Å²) in [4.78, 5) is 17.5. The van der Waals surface area contributed by atoms with Crippen LogP contribution in [0.25, 0.3) is 0 Å². The lowest BCUT2D eigenvalue weighted by molar-refractivity contribution is 0.0926. The predicted octanol–water partition coefficient (Wildman–Crippen LogP) is 3.53. The molecule has 0 unspecified atom stereocenters. The first-order chi connectivity index (χ1) is 12.1. The fourth-order valence-corrected chi connectivity index (χ4v) is 3.60. The number of fused-ring (bicyclic) bond motifs is 1. The van der Waals surface area contributed by atoms with Gasteiger partial charge in [0.05, 0.1) is 12.6 Å². The van der Waals surface area contributed by atoms with Crippen LogP contribution < -0.4 is 10.1 Å². The molecule has 0 atom stereocenters. The quantitative estimate of drug-likeness (QED) is 0.926. The minimum Gasteiger partial charge on any atom is -0.480 e. The van der Waals surface area contributed by atoms with Crippen molar-refractivity contribution in [1.82, 2.24) is 10.3 Å². The highest BCUT2D eigenvalue weighted by molar-refractivity contribution is 5.97. The minimum absolute atomic E-state index is 0.181. The molecule has 1 fully saturated rings. The molecule has 1 heterocycles. The van der Waals surface area contributed by atoms with Gasteiger partial charge in [0.1, 0.15) is 11.4 Å². The molecule has 4 nitrogen and oxygen atoms in total. The van der Waals surface area contributed by atoms with Crippen LogP contribution in [0.4, 0.5) is 4.39 Å².